The number of rotatable bonds is 3. The number of nitrogens with zero attached hydrogens (tertiary/aromatic N) is 2. The third kappa shape index (κ3) is 5.09. The summed E-state index contributed by atoms with van der Waals surface area (Å²) in [6.45, 7) is 2.75. The van der Waals surface area contributed by atoms with Crippen LogP contribution in [0.4, 0.5) is 0 Å². The summed E-state index contributed by atoms with van der Waals surface area (Å²) in [7, 11) is 5.73. The first kappa shape index (κ1) is 10.8. The lowest BCUT2D eigenvalue weighted by Gasteiger charge is -2.13. The fourth-order valence-electron chi connectivity index (χ4n) is 0.571. The lowest BCUT2D eigenvalue weighted by atomic mass is 10.9. The molecule has 66 valence electrons. The van der Waals surface area contributed by atoms with Crippen molar-refractivity contribution in [2.24, 2.45) is 4.99 Å². The van der Waals surface area contributed by atoms with Crippen LogP contribution in [0.15, 0.2) is 4.99 Å². The molecule has 0 unspecified atom stereocenters. The van der Waals surface area contributed by atoms with Crippen molar-refractivity contribution in [3.63, 3.8) is 0 Å². The van der Waals surface area contributed by atoms with E-state index >= 15 is 0 Å². The van der Waals surface area contributed by atoms with E-state index in [0.717, 1.165) is 11.8 Å². The predicted octanol–water partition coefficient (Wildman–Crippen LogP) is 1.26. The van der Waals surface area contributed by atoms with E-state index in [1.807, 2.05) is 25.9 Å². The lowest BCUT2D eigenvalue weighted by Crippen LogP contribution is -2.19. The highest BCUT2D eigenvalue weighted by Gasteiger charge is 1.99. The second kappa shape index (κ2) is 6.49. The molecule has 3 nitrogen and oxygen atoms in total. The topological polar surface area (TPSA) is 24.8 Å². The van der Waals surface area contributed by atoms with E-state index in [9.17, 15) is 0 Å². The number of ether oxygens (including phenoxy) is 1. The molecule has 0 amide bonds. The molecule has 0 saturated heterocycles. The Labute approximate surface area is 72.8 Å². The van der Waals surface area contributed by atoms with E-state index in [2.05, 4.69) is 4.99 Å². The van der Waals surface area contributed by atoms with Crippen molar-refractivity contribution in [2.75, 3.05) is 33.7 Å². The van der Waals surface area contributed by atoms with Crippen molar-refractivity contribution in [3.8, 4) is 0 Å². The molecule has 0 atom stereocenters. The minimum atomic E-state index is 0.682. The minimum absolute atomic E-state index is 0.682. The third-order valence-electron chi connectivity index (χ3n) is 1.05. The summed E-state index contributed by atoms with van der Waals surface area (Å²) in [5.74, 6) is 0.682. The van der Waals surface area contributed by atoms with E-state index in [-0.39, 0.29) is 0 Å². The van der Waals surface area contributed by atoms with Crippen LogP contribution in [-0.4, -0.2) is 43.8 Å². The zero-order valence-corrected chi connectivity index (χ0v) is 8.44. The van der Waals surface area contributed by atoms with E-state index in [0.29, 0.717) is 5.94 Å². The minimum Gasteiger partial charge on any atom is -0.371 e. The Bertz CT molecular complexity index is 126. The van der Waals surface area contributed by atoms with E-state index in [4.69, 9.17) is 4.74 Å². The van der Waals surface area contributed by atoms with Crippen LogP contribution in [0.2, 0.25) is 0 Å². The first-order valence-corrected chi connectivity index (χ1v) is 4.55. The van der Waals surface area contributed by atoms with Crippen molar-refractivity contribution < 1.29 is 4.74 Å². The zero-order chi connectivity index (χ0) is 8.69. The number of thioether (sulfide) groups is 1. The van der Waals surface area contributed by atoms with Crippen LogP contribution in [0, 0.1) is 0 Å². The highest BCUT2D eigenvalue weighted by Crippen LogP contribution is 2.05. The molecule has 0 aliphatic rings. The normalized spacial score (nSPS) is 11.8. The molecule has 0 aromatic rings. The highest BCUT2D eigenvalue weighted by molar-refractivity contribution is 8.13. The maximum atomic E-state index is 5.17. The van der Waals surface area contributed by atoms with Gasteiger partial charge in [0.1, 0.15) is 0 Å². The molecule has 0 radical (unpaired) electrons. The van der Waals surface area contributed by atoms with Gasteiger partial charge in [0.2, 0.25) is 0 Å². The van der Waals surface area contributed by atoms with E-state index in [1.165, 1.54) is 0 Å². The Morgan fingerprint density at radius 3 is 2.55 bits per heavy atom. The van der Waals surface area contributed by atoms with Gasteiger partial charge in [-0.05, 0) is 6.92 Å². The van der Waals surface area contributed by atoms with E-state index < -0.39 is 0 Å². The SMILES string of the molecule is CCOCS/C(=N\C)N(C)C. The van der Waals surface area contributed by atoms with Crippen LogP contribution in [0.1, 0.15) is 6.92 Å². The molecule has 0 aliphatic heterocycles. The standard InChI is InChI=1S/C7H16N2OS/c1-5-10-6-11-7(8-2)9(3)4/h5-6H2,1-4H3/b8-7-. The van der Waals surface area contributed by atoms with Crippen molar-refractivity contribution in [1.29, 1.82) is 0 Å². The molecule has 0 aliphatic carbocycles. The lowest BCUT2D eigenvalue weighted by molar-refractivity contribution is 0.199. The number of hydrogen-bond donors (Lipinski definition) is 0. The molecular formula is C7H16N2OS. The summed E-state index contributed by atoms with van der Waals surface area (Å²) in [5.41, 5.74) is 0. The molecule has 0 spiro atoms. The van der Waals surface area contributed by atoms with Crippen LogP contribution in [-0.2, 0) is 4.74 Å². The van der Waals surface area contributed by atoms with Crippen LogP contribution < -0.4 is 0 Å². The second-order valence-corrected chi connectivity index (χ2v) is 3.05. The Balaban J connectivity index is 3.54. The van der Waals surface area contributed by atoms with Crippen LogP contribution in [0.3, 0.4) is 0 Å². The smallest absolute Gasteiger partial charge is 0.160 e. The van der Waals surface area contributed by atoms with Gasteiger partial charge in [-0.3, -0.25) is 4.99 Å². The molecule has 0 heterocycles. The number of hydrogen-bond acceptors (Lipinski definition) is 3. The first-order chi connectivity index (χ1) is 5.22. The highest BCUT2D eigenvalue weighted by atomic mass is 32.2. The number of aliphatic imine (C=N–C) groups is 1. The van der Waals surface area contributed by atoms with Gasteiger partial charge in [0.15, 0.2) is 5.17 Å². The Morgan fingerprint density at radius 2 is 2.18 bits per heavy atom. The Hall–Kier alpha value is -0.220. The summed E-state index contributed by atoms with van der Waals surface area (Å²) in [4.78, 5) is 6.06. The molecule has 0 N–H and O–H groups in total. The molecule has 0 aromatic carbocycles. The van der Waals surface area contributed by atoms with Crippen molar-refractivity contribution in [2.45, 2.75) is 6.92 Å². The van der Waals surface area contributed by atoms with Gasteiger partial charge >= 0.3 is 0 Å². The summed E-state index contributed by atoms with van der Waals surface area (Å²) >= 11 is 1.61. The monoisotopic (exact) mass is 176 g/mol. The average Bonchev–Trinajstić information content (AvgIpc) is 1.97. The first-order valence-electron chi connectivity index (χ1n) is 3.57. The van der Waals surface area contributed by atoms with Gasteiger partial charge in [-0.25, -0.2) is 0 Å². The zero-order valence-electron chi connectivity index (χ0n) is 7.63. The van der Waals surface area contributed by atoms with Crippen molar-refractivity contribution in [3.05, 3.63) is 0 Å². The van der Waals surface area contributed by atoms with Gasteiger partial charge in [0, 0.05) is 27.7 Å². The van der Waals surface area contributed by atoms with Crippen LogP contribution in [0.25, 0.3) is 0 Å². The molecule has 4 heteroatoms. The van der Waals surface area contributed by atoms with Gasteiger partial charge in [-0.1, -0.05) is 11.8 Å². The quantitative estimate of drug-likeness (QED) is 0.280. The Kier molecular flexibility index (Phi) is 6.36. The molecule has 11 heavy (non-hydrogen) atoms. The third-order valence-corrected chi connectivity index (χ3v) is 2.14. The average molecular weight is 176 g/mol. The van der Waals surface area contributed by atoms with Gasteiger partial charge < -0.3 is 9.64 Å². The Morgan fingerprint density at radius 1 is 1.55 bits per heavy atom. The van der Waals surface area contributed by atoms with Crippen molar-refractivity contribution in [1.82, 2.24) is 4.90 Å². The van der Waals surface area contributed by atoms with E-state index in [1.54, 1.807) is 18.8 Å². The summed E-state index contributed by atoms with van der Waals surface area (Å²) in [6.07, 6.45) is 0. The second-order valence-electron chi connectivity index (χ2n) is 2.16. The summed E-state index contributed by atoms with van der Waals surface area (Å²) < 4.78 is 5.17. The van der Waals surface area contributed by atoms with Crippen LogP contribution in [0.5, 0.6) is 0 Å². The molecule has 0 fully saturated rings. The number of amidine groups is 1. The maximum absolute atomic E-state index is 5.17. The molecule has 0 aromatic heterocycles. The molecular weight excluding hydrogens is 160 g/mol. The summed E-state index contributed by atoms with van der Waals surface area (Å²) in [5, 5.41) is 0.999. The predicted molar refractivity (Wildman–Crippen MR) is 51.1 cm³/mol. The maximum Gasteiger partial charge on any atom is 0.160 e. The largest absolute Gasteiger partial charge is 0.371 e. The van der Waals surface area contributed by atoms with Crippen LogP contribution >= 0.6 is 11.8 Å². The fourth-order valence-corrected chi connectivity index (χ4v) is 1.31. The molecule has 0 saturated carbocycles. The summed E-state index contributed by atoms with van der Waals surface area (Å²) in [6, 6.07) is 0. The van der Waals surface area contributed by atoms with Gasteiger partial charge in [-0.15, -0.1) is 0 Å². The van der Waals surface area contributed by atoms with Crippen molar-refractivity contribution >= 4 is 16.9 Å². The van der Waals surface area contributed by atoms with Gasteiger partial charge in [-0.2, -0.15) is 0 Å². The van der Waals surface area contributed by atoms with Gasteiger partial charge in [0.25, 0.3) is 0 Å². The van der Waals surface area contributed by atoms with Gasteiger partial charge in [0.05, 0.1) is 5.94 Å². The fraction of sp³-hybridized carbons (Fsp3) is 0.857. The molecule has 0 rings (SSSR count). The molecule has 0 bridgehead atoms.